The predicted molar refractivity (Wildman–Crippen MR) is 158 cm³/mol. The molecule has 2 heterocycles. The molecule has 0 saturated heterocycles. The molecule has 2 aromatic carbocycles. The number of aliphatic imine (C=N–C) groups is 1. The minimum Gasteiger partial charge on any atom is -0.345 e. The molecule has 1 aromatic heterocycles. The second-order valence-electron chi connectivity index (χ2n) is 12.2. The highest BCUT2D eigenvalue weighted by atomic mass is 35.5. The summed E-state index contributed by atoms with van der Waals surface area (Å²) in [7, 11) is 0. The number of aromatic nitrogens is 4. The number of tetrazole rings is 1. The maximum Gasteiger partial charge on any atom is 0.275 e. The van der Waals surface area contributed by atoms with Crippen LogP contribution in [-0.2, 0) is 11.3 Å². The molecule has 9 nitrogen and oxygen atoms in total. The Kier molecular flexibility index (Phi) is 8.27. The van der Waals surface area contributed by atoms with E-state index in [1.807, 2.05) is 48.5 Å². The Balaban J connectivity index is 1.45. The van der Waals surface area contributed by atoms with Gasteiger partial charge >= 0.3 is 0 Å². The van der Waals surface area contributed by atoms with Crippen molar-refractivity contribution in [3.8, 4) is 0 Å². The highest BCUT2D eigenvalue weighted by Gasteiger charge is 2.52. The summed E-state index contributed by atoms with van der Waals surface area (Å²) in [6.07, 6.45) is 5.35. The third-order valence-electron chi connectivity index (χ3n) is 8.53. The van der Waals surface area contributed by atoms with Crippen LogP contribution in [0, 0.1) is 11.3 Å². The second kappa shape index (κ2) is 11.7. The topological polar surface area (TPSA) is 116 Å². The molecule has 1 spiro atoms. The van der Waals surface area contributed by atoms with Crippen molar-refractivity contribution >= 4 is 29.1 Å². The van der Waals surface area contributed by atoms with Crippen molar-refractivity contribution in [1.29, 1.82) is 0 Å². The number of amides is 2. The molecule has 1 aliphatic carbocycles. The van der Waals surface area contributed by atoms with Crippen molar-refractivity contribution in [2.75, 3.05) is 0 Å². The van der Waals surface area contributed by atoms with Crippen molar-refractivity contribution in [2.45, 2.75) is 84.5 Å². The monoisotopic (exact) mass is 575 g/mol. The van der Waals surface area contributed by atoms with Crippen LogP contribution >= 0.6 is 11.6 Å². The summed E-state index contributed by atoms with van der Waals surface area (Å²) in [5.41, 5.74) is 2.37. The van der Waals surface area contributed by atoms with Crippen LogP contribution in [0.15, 0.2) is 53.5 Å². The van der Waals surface area contributed by atoms with Crippen LogP contribution in [0.5, 0.6) is 0 Å². The molecule has 10 heteroatoms. The Morgan fingerprint density at radius 2 is 1.90 bits per heavy atom. The number of carbonyl (C=O) groups is 2. The van der Waals surface area contributed by atoms with E-state index >= 15 is 0 Å². The molecule has 41 heavy (non-hydrogen) atoms. The largest absolute Gasteiger partial charge is 0.345 e. The Labute approximate surface area is 246 Å². The van der Waals surface area contributed by atoms with Gasteiger partial charge in [-0.3, -0.25) is 14.6 Å². The number of H-pyrrole nitrogens is 1. The van der Waals surface area contributed by atoms with Gasteiger partial charge in [0.1, 0.15) is 11.4 Å². The fourth-order valence-corrected chi connectivity index (χ4v) is 6.45. The average Bonchev–Trinajstić information content (AvgIpc) is 3.57. The Morgan fingerprint density at radius 3 is 2.51 bits per heavy atom. The normalized spacial score (nSPS) is 21.7. The zero-order valence-electron chi connectivity index (χ0n) is 24.2. The van der Waals surface area contributed by atoms with Crippen molar-refractivity contribution in [3.05, 3.63) is 76.1 Å². The number of hydrogen-bond donors (Lipinski definition) is 2. The van der Waals surface area contributed by atoms with E-state index in [2.05, 4.69) is 58.5 Å². The first-order valence-corrected chi connectivity index (χ1v) is 14.8. The quantitative estimate of drug-likeness (QED) is 0.347. The molecule has 0 radical (unpaired) electrons. The molecule has 1 atom stereocenters. The van der Waals surface area contributed by atoms with Crippen molar-refractivity contribution in [3.63, 3.8) is 0 Å². The third-order valence-corrected chi connectivity index (χ3v) is 8.76. The fraction of sp³-hybridized carbons (Fsp3) is 0.484. The Hall–Kier alpha value is -3.59. The maximum atomic E-state index is 14.3. The van der Waals surface area contributed by atoms with E-state index in [1.165, 1.54) is 0 Å². The summed E-state index contributed by atoms with van der Waals surface area (Å²) in [5, 5.41) is 17.0. The van der Waals surface area contributed by atoms with Crippen LogP contribution < -0.4 is 5.32 Å². The summed E-state index contributed by atoms with van der Waals surface area (Å²) in [6.45, 7) is 9.21. The molecule has 0 bridgehead atoms. The average molecular weight is 576 g/mol. The number of nitrogens with one attached hydrogen (secondary N) is 2. The third kappa shape index (κ3) is 6.05. The predicted octanol–water partition coefficient (Wildman–Crippen LogP) is 5.89. The lowest BCUT2D eigenvalue weighted by molar-refractivity contribution is -0.133. The lowest BCUT2D eigenvalue weighted by Gasteiger charge is -2.47. The SMILES string of the molecule is CCC[C@H](c1ccc(C(=O)NCc2nn[nH]n2)cc1)N1C(=O)C(c2cccc(Cl)c2)=NC12CCC(C(C)(C)C)CC2. The zero-order valence-corrected chi connectivity index (χ0v) is 24.9. The van der Waals surface area contributed by atoms with E-state index in [1.54, 1.807) is 0 Å². The van der Waals surface area contributed by atoms with Crippen LogP contribution in [0.3, 0.4) is 0 Å². The highest BCUT2D eigenvalue weighted by Crippen LogP contribution is 2.49. The van der Waals surface area contributed by atoms with Crippen LogP contribution in [0.4, 0.5) is 0 Å². The van der Waals surface area contributed by atoms with Crippen molar-refractivity contribution in [2.24, 2.45) is 16.3 Å². The molecule has 1 saturated carbocycles. The van der Waals surface area contributed by atoms with Gasteiger partial charge in [0.2, 0.25) is 0 Å². The minimum atomic E-state index is -0.600. The van der Waals surface area contributed by atoms with Gasteiger partial charge in [-0.1, -0.05) is 75.2 Å². The smallest absolute Gasteiger partial charge is 0.275 e. The van der Waals surface area contributed by atoms with E-state index in [0.29, 0.717) is 28.0 Å². The van der Waals surface area contributed by atoms with Gasteiger partial charge in [-0.2, -0.15) is 5.21 Å². The van der Waals surface area contributed by atoms with E-state index in [0.717, 1.165) is 49.7 Å². The second-order valence-corrected chi connectivity index (χ2v) is 12.6. The summed E-state index contributed by atoms with van der Waals surface area (Å²) >= 11 is 6.33. The van der Waals surface area contributed by atoms with Gasteiger partial charge in [0.25, 0.3) is 11.8 Å². The fourth-order valence-electron chi connectivity index (χ4n) is 6.26. The number of halogens is 1. The summed E-state index contributed by atoms with van der Waals surface area (Å²) < 4.78 is 0. The van der Waals surface area contributed by atoms with Gasteiger partial charge in [-0.15, -0.1) is 10.2 Å². The van der Waals surface area contributed by atoms with E-state index in [-0.39, 0.29) is 29.8 Å². The van der Waals surface area contributed by atoms with E-state index in [9.17, 15) is 9.59 Å². The summed E-state index contributed by atoms with van der Waals surface area (Å²) in [5.74, 6) is 0.703. The van der Waals surface area contributed by atoms with Gasteiger partial charge in [0, 0.05) is 16.1 Å². The Bertz CT molecular complexity index is 1400. The number of rotatable bonds is 8. The molecule has 1 aliphatic heterocycles. The van der Waals surface area contributed by atoms with Gasteiger partial charge in [0.05, 0.1) is 12.6 Å². The molecule has 3 aromatic rings. The van der Waals surface area contributed by atoms with Gasteiger partial charge in [0.15, 0.2) is 5.82 Å². The number of nitrogens with zero attached hydrogens (tertiary/aromatic N) is 5. The summed E-state index contributed by atoms with van der Waals surface area (Å²) in [6, 6.07) is 14.8. The summed E-state index contributed by atoms with van der Waals surface area (Å²) in [4.78, 5) is 34.3. The molecule has 0 unspecified atom stereocenters. The molecule has 2 aliphatic rings. The number of benzene rings is 2. The number of aromatic amines is 1. The number of hydrogen-bond acceptors (Lipinski definition) is 6. The van der Waals surface area contributed by atoms with Gasteiger partial charge in [-0.05, 0) is 73.3 Å². The first kappa shape index (κ1) is 28.9. The van der Waals surface area contributed by atoms with Crippen LogP contribution in [-0.4, -0.2) is 48.7 Å². The van der Waals surface area contributed by atoms with Gasteiger partial charge in [-0.25, -0.2) is 0 Å². The molecule has 1 fully saturated rings. The van der Waals surface area contributed by atoms with Crippen molar-refractivity contribution in [1.82, 2.24) is 30.8 Å². The first-order chi connectivity index (χ1) is 19.6. The zero-order chi connectivity index (χ0) is 29.2. The molecule has 216 valence electrons. The maximum absolute atomic E-state index is 14.3. The molecular weight excluding hydrogens is 538 g/mol. The van der Waals surface area contributed by atoms with Crippen LogP contribution in [0.1, 0.15) is 99.6 Å². The molecule has 2 N–H and O–H groups in total. The van der Waals surface area contributed by atoms with Gasteiger partial charge < -0.3 is 10.2 Å². The van der Waals surface area contributed by atoms with E-state index < -0.39 is 5.66 Å². The van der Waals surface area contributed by atoms with Crippen molar-refractivity contribution < 1.29 is 9.59 Å². The molecule has 2 amide bonds. The number of carbonyl (C=O) groups excluding carboxylic acids is 2. The first-order valence-electron chi connectivity index (χ1n) is 14.4. The van der Waals surface area contributed by atoms with E-state index in [4.69, 9.17) is 16.6 Å². The molecule has 5 rings (SSSR count). The lowest BCUT2D eigenvalue weighted by atomic mass is 9.69. The lowest BCUT2D eigenvalue weighted by Crippen LogP contribution is -2.51. The Morgan fingerprint density at radius 1 is 1.17 bits per heavy atom. The standard InChI is InChI=1S/C31H38ClN7O2/c1-5-7-25(20-10-12-21(13-11-20)28(40)33-19-26-35-37-38-36-26)39-29(41)27(22-8-6-9-24(32)18-22)34-31(39)16-14-23(15-17-31)30(2,3)4/h6,8-13,18,23,25H,5,7,14-17,19H2,1-4H3,(H,33,40)(H,35,36,37,38)/t23?,25-,31?/m1/s1. The van der Waals surface area contributed by atoms with Crippen LogP contribution in [0.25, 0.3) is 0 Å². The molecular formula is C31H38ClN7O2. The highest BCUT2D eigenvalue weighted by molar-refractivity contribution is 6.47. The minimum absolute atomic E-state index is 0.0538. The van der Waals surface area contributed by atoms with Crippen LogP contribution in [0.2, 0.25) is 5.02 Å².